The maximum Gasteiger partial charge on any atom is 0.264 e. The first-order valence-corrected chi connectivity index (χ1v) is 14.2. The quantitative estimate of drug-likeness (QED) is 0.417. The average molecular weight is 555 g/mol. The fraction of sp³-hybridized carbons (Fsp3) is 0.286. The van der Waals surface area contributed by atoms with Crippen LogP contribution in [0.1, 0.15) is 40.9 Å². The molecule has 2 aromatic carbocycles. The van der Waals surface area contributed by atoms with Crippen LogP contribution in [-0.4, -0.2) is 38.4 Å². The van der Waals surface area contributed by atoms with E-state index in [1.165, 1.54) is 16.4 Å². The Bertz CT molecular complexity index is 1470. The van der Waals surface area contributed by atoms with Gasteiger partial charge in [-0.25, -0.2) is 12.8 Å². The van der Waals surface area contributed by atoms with Gasteiger partial charge in [-0.2, -0.15) is 0 Å². The van der Waals surface area contributed by atoms with Crippen LogP contribution >= 0.6 is 11.6 Å². The Hall–Kier alpha value is -3.27. The van der Waals surface area contributed by atoms with E-state index in [4.69, 9.17) is 11.6 Å². The van der Waals surface area contributed by atoms with Gasteiger partial charge in [-0.1, -0.05) is 17.7 Å². The van der Waals surface area contributed by atoms with E-state index < -0.39 is 27.3 Å². The molecule has 1 fully saturated rings. The van der Waals surface area contributed by atoms with Crippen LogP contribution in [0.15, 0.2) is 78.3 Å². The minimum atomic E-state index is -4.02. The van der Waals surface area contributed by atoms with Gasteiger partial charge in [0.2, 0.25) is 0 Å². The summed E-state index contributed by atoms with van der Waals surface area (Å²) in [5.74, 6) is -0.815. The van der Waals surface area contributed by atoms with Crippen LogP contribution in [0.5, 0.6) is 0 Å². The zero-order valence-electron chi connectivity index (χ0n) is 20.7. The van der Waals surface area contributed by atoms with Crippen LogP contribution < -0.4 is 14.9 Å². The molecular formula is C28H28ClFN4O3S. The second-order valence-corrected chi connectivity index (χ2v) is 11.8. The van der Waals surface area contributed by atoms with Crippen molar-refractivity contribution >= 4 is 33.2 Å². The fourth-order valence-corrected chi connectivity index (χ4v) is 7.56. The first-order valence-electron chi connectivity index (χ1n) is 12.4. The summed E-state index contributed by atoms with van der Waals surface area (Å²) in [7, 11) is -4.02. The Morgan fingerprint density at radius 3 is 2.63 bits per heavy atom. The summed E-state index contributed by atoms with van der Waals surface area (Å²) < 4.78 is 43.0. The second-order valence-electron chi connectivity index (χ2n) is 9.55. The van der Waals surface area contributed by atoms with Crippen LogP contribution in [0, 0.1) is 5.82 Å². The SMILES string of the molecule is C=CCC1N(S(=O)(=O)c2ccc(F)cc2)c2ccc(C(=O)NCc3ncccc3Cl)cc2C12CCNCC2. The molecule has 3 aromatic rings. The van der Waals surface area contributed by atoms with Crippen molar-refractivity contribution < 1.29 is 17.6 Å². The zero-order valence-corrected chi connectivity index (χ0v) is 22.2. The van der Waals surface area contributed by atoms with Crippen molar-refractivity contribution in [1.29, 1.82) is 0 Å². The molecule has 10 heteroatoms. The normalized spacial score (nSPS) is 18.3. The van der Waals surface area contributed by atoms with Crippen LogP contribution in [0.3, 0.4) is 0 Å². The van der Waals surface area contributed by atoms with E-state index in [1.807, 2.05) is 6.07 Å². The van der Waals surface area contributed by atoms with Gasteiger partial charge >= 0.3 is 0 Å². The molecule has 38 heavy (non-hydrogen) atoms. The highest BCUT2D eigenvalue weighted by Crippen LogP contribution is 2.53. The number of halogens is 2. The summed E-state index contributed by atoms with van der Waals surface area (Å²) >= 11 is 6.18. The molecule has 3 heterocycles. The number of fused-ring (bicyclic) bond motifs is 2. The van der Waals surface area contributed by atoms with Gasteiger partial charge in [0.25, 0.3) is 15.9 Å². The predicted molar refractivity (Wildman–Crippen MR) is 145 cm³/mol. The van der Waals surface area contributed by atoms with Crippen LogP contribution in [-0.2, 0) is 22.0 Å². The Balaban J connectivity index is 1.57. The number of nitrogens with one attached hydrogen (secondary N) is 2. The number of pyridine rings is 1. The van der Waals surface area contributed by atoms with Crippen molar-refractivity contribution in [2.24, 2.45) is 0 Å². The Kier molecular flexibility index (Phi) is 7.26. The Labute approximate surface area is 226 Å². The molecule has 0 saturated carbocycles. The number of rotatable bonds is 7. The number of piperidine rings is 1. The topological polar surface area (TPSA) is 91.4 Å². The van der Waals surface area contributed by atoms with Gasteiger partial charge < -0.3 is 10.6 Å². The Morgan fingerprint density at radius 2 is 1.95 bits per heavy atom. The number of nitrogens with zero attached hydrogens (tertiary/aromatic N) is 2. The van der Waals surface area contributed by atoms with E-state index in [2.05, 4.69) is 22.2 Å². The van der Waals surface area contributed by atoms with Gasteiger partial charge in [-0.05, 0) is 92.5 Å². The molecule has 1 spiro atoms. The molecule has 0 aliphatic carbocycles. The zero-order chi connectivity index (χ0) is 26.9. The van der Waals surface area contributed by atoms with E-state index in [9.17, 15) is 17.6 Å². The number of sulfonamides is 1. The van der Waals surface area contributed by atoms with Crippen LogP contribution in [0.2, 0.25) is 5.02 Å². The molecule has 2 aliphatic rings. The highest BCUT2D eigenvalue weighted by atomic mass is 35.5. The summed E-state index contributed by atoms with van der Waals surface area (Å²) in [6.45, 7) is 5.49. The molecule has 0 radical (unpaired) electrons. The summed E-state index contributed by atoms with van der Waals surface area (Å²) in [6, 6.07) is 13.0. The van der Waals surface area contributed by atoms with Crippen molar-refractivity contribution in [2.75, 3.05) is 17.4 Å². The maximum absolute atomic E-state index is 14.0. The van der Waals surface area contributed by atoms with Crippen molar-refractivity contribution in [3.05, 3.63) is 101 Å². The maximum atomic E-state index is 14.0. The van der Waals surface area contributed by atoms with E-state index >= 15 is 0 Å². The molecule has 2 aliphatic heterocycles. The minimum absolute atomic E-state index is 0.0129. The van der Waals surface area contributed by atoms with Gasteiger partial charge in [0.1, 0.15) is 5.82 Å². The van der Waals surface area contributed by atoms with Crippen molar-refractivity contribution in [3.8, 4) is 0 Å². The van der Waals surface area contributed by atoms with E-state index in [1.54, 1.807) is 36.5 Å². The molecular weight excluding hydrogens is 527 g/mol. The second kappa shape index (κ2) is 10.5. The molecule has 5 rings (SSSR count). The highest BCUT2D eigenvalue weighted by molar-refractivity contribution is 7.92. The monoisotopic (exact) mass is 554 g/mol. The third-order valence-corrected chi connectivity index (χ3v) is 9.64. The van der Waals surface area contributed by atoms with Gasteiger partial charge in [0, 0.05) is 17.2 Å². The highest BCUT2D eigenvalue weighted by Gasteiger charge is 2.54. The number of amides is 1. The summed E-state index contributed by atoms with van der Waals surface area (Å²) in [5.41, 5.74) is 1.82. The van der Waals surface area contributed by atoms with E-state index in [0.29, 0.717) is 54.3 Å². The van der Waals surface area contributed by atoms with Crippen molar-refractivity contribution in [3.63, 3.8) is 0 Å². The minimum Gasteiger partial charge on any atom is -0.346 e. The molecule has 1 unspecified atom stereocenters. The first kappa shape index (κ1) is 26.3. The van der Waals surface area contributed by atoms with Gasteiger partial charge in [0.15, 0.2) is 0 Å². The van der Waals surface area contributed by atoms with Gasteiger partial charge in [-0.3, -0.25) is 14.1 Å². The molecule has 1 aromatic heterocycles. The van der Waals surface area contributed by atoms with E-state index in [-0.39, 0.29) is 17.3 Å². The lowest BCUT2D eigenvalue weighted by atomic mass is 9.69. The molecule has 1 atom stereocenters. The number of hydrogen-bond acceptors (Lipinski definition) is 5. The van der Waals surface area contributed by atoms with Crippen molar-refractivity contribution in [1.82, 2.24) is 15.6 Å². The Morgan fingerprint density at radius 1 is 1.21 bits per heavy atom. The smallest absolute Gasteiger partial charge is 0.264 e. The lowest BCUT2D eigenvalue weighted by molar-refractivity contribution is 0.0950. The third-order valence-electron chi connectivity index (χ3n) is 7.46. The largest absolute Gasteiger partial charge is 0.346 e. The molecule has 198 valence electrons. The van der Waals surface area contributed by atoms with Crippen molar-refractivity contribution in [2.45, 2.75) is 42.2 Å². The first-order chi connectivity index (χ1) is 18.3. The third kappa shape index (κ3) is 4.59. The molecule has 0 bridgehead atoms. The number of aromatic nitrogens is 1. The molecule has 1 amide bonds. The predicted octanol–water partition coefficient (Wildman–Crippen LogP) is 4.58. The average Bonchev–Trinajstić information content (AvgIpc) is 3.17. The molecule has 2 N–H and O–H groups in total. The lowest BCUT2D eigenvalue weighted by Gasteiger charge is -2.41. The number of hydrogen-bond donors (Lipinski definition) is 2. The number of carbonyl (C=O) groups excluding carboxylic acids is 1. The van der Waals surface area contributed by atoms with Crippen LogP contribution in [0.25, 0.3) is 0 Å². The van der Waals surface area contributed by atoms with Crippen LogP contribution in [0.4, 0.5) is 10.1 Å². The fourth-order valence-electron chi connectivity index (χ4n) is 5.63. The number of anilines is 1. The summed E-state index contributed by atoms with van der Waals surface area (Å²) in [5, 5.41) is 6.70. The lowest BCUT2D eigenvalue weighted by Crippen LogP contribution is -2.51. The molecule has 1 saturated heterocycles. The van der Waals surface area contributed by atoms with E-state index in [0.717, 1.165) is 17.7 Å². The number of carbonyl (C=O) groups is 1. The summed E-state index contributed by atoms with van der Waals surface area (Å²) in [4.78, 5) is 17.4. The molecule has 7 nitrogen and oxygen atoms in total. The number of benzene rings is 2. The summed E-state index contributed by atoms with van der Waals surface area (Å²) in [6.07, 6.45) is 5.16. The van der Waals surface area contributed by atoms with Gasteiger partial charge in [-0.15, -0.1) is 6.58 Å². The standard InChI is InChI=1S/C28H28ClFN4O3S/c1-2-4-26-28(12-15-31-16-13-28)22-17-19(27(35)33-18-24-23(29)5-3-14-32-24)6-11-25(22)34(26)38(36,37)21-9-7-20(30)8-10-21/h2-3,5-11,14,17,26,31H,1,4,12-13,15-16,18H2,(H,33,35). The van der Waals surface area contributed by atoms with Gasteiger partial charge in [0.05, 0.1) is 33.9 Å².